The smallest absolute Gasteiger partial charge is 0.748 e. The van der Waals surface area contributed by atoms with Gasteiger partial charge in [0.25, 0.3) is 0 Å². The molecule has 2 aromatic carbocycles. The van der Waals surface area contributed by atoms with Crippen LogP contribution >= 0.6 is 0 Å². The summed E-state index contributed by atoms with van der Waals surface area (Å²) in [5, 5.41) is 19.3. The molecule has 2 aliphatic rings. The summed E-state index contributed by atoms with van der Waals surface area (Å²) in [4.78, 5) is 3.59. The van der Waals surface area contributed by atoms with Crippen molar-refractivity contribution < 1.29 is 131 Å². The number of benzene rings is 2. The molecule has 2 saturated heterocycles. The van der Waals surface area contributed by atoms with E-state index in [1.165, 1.54) is 73.4 Å². The number of aliphatic hydroxyl groups is 2. The molecule has 2 atom stereocenters. The van der Waals surface area contributed by atoms with E-state index in [0.29, 0.717) is 49.2 Å². The minimum Gasteiger partial charge on any atom is -0.748 e. The summed E-state index contributed by atoms with van der Waals surface area (Å²) in [6, 6.07) is 8.69. The molecule has 0 aromatic heterocycles. The Morgan fingerprint density at radius 3 is 1.07 bits per heavy atom. The van der Waals surface area contributed by atoms with Gasteiger partial charge in [0.1, 0.15) is 0 Å². The Hall–Kier alpha value is -0.880. The van der Waals surface area contributed by atoms with Crippen LogP contribution in [0.5, 0.6) is 23.0 Å². The number of aliphatic hydroxyl groups excluding tert-OH is 2. The number of hydrogen-bond acceptors (Lipinski definition) is 18. The molecule has 0 amide bonds. The first-order chi connectivity index (χ1) is 25.1. The van der Waals surface area contributed by atoms with Gasteiger partial charge in [-0.1, -0.05) is 0 Å². The summed E-state index contributed by atoms with van der Waals surface area (Å²) in [7, 11) is -10.8. The van der Waals surface area contributed by atoms with E-state index in [-0.39, 0.29) is 108 Å². The predicted molar refractivity (Wildman–Crippen MR) is 191 cm³/mol. The molecule has 4 rings (SSSR count). The molecule has 2 heterocycles. The summed E-state index contributed by atoms with van der Waals surface area (Å²) >= 11 is 0. The van der Waals surface area contributed by atoms with Crippen molar-refractivity contribution in [3.8, 4) is 23.0 Å². The normalized spacial score (nSPS) is 17.6. The van der Waals surface area contributed by atoms with E-state index in [0.717, 1.165) is 0 Å². The molecule has 2 N–H and O–H groups in total. The maximum Gasteiger partial charge on any atom is 1.00 e. The van der Waals surface area contributed by atoms with Crippen LogP contribution in [0.3, 0.4) is 0 Å². The van der Waals surface area contributed by atoms with Gasteiger partial charge in [0.2, 0.25) is 20.0 Å². The zero-order valence-electron chi connectivity index (χ0n) is 32.1. The van der Waals surface area contributed by atoms with Crippen LogP contribution in [0.2, 0.25) is 0 Å². The Balaban J connectivity index is 0.000000541. The van der Waals surface area contributed by atoms with Crippen LogP contribution in [0.4, 0.5) is 0 Å². The first-order valence-corrected chi connectivity index (χ1v) is 22.3. The molecule has 26 heteroatoms. The molecule has 2 unspecified atom stereocenters. The van der Waals surface area contributed by atoms with Gasteiger partial charge in [0.05, 0.1) is 82.2 Å². The Morgan fingerprint density at radius 2 is 0.821 bits per heavy atom. The summed E-state index contributed by atoms with van der Waals surface area (Å²) in [6.07, 6.45) is -2.61. The average Bonchev–Trinajstić information content (AvgIpc) is 3.10. The van der Waals surface area contributed by atoms with Crippen molar-refractivity contribution in [2.24, 2.45) is 0 Å². The second kappa shape index (κ2) is 23.2. The van der Waals surface area contributed by atoms with Crippen LogP contribution in [0.15, 0.2) is 46.2 Å². The molecule has 2 aromatic rings. The molecule has 308 valence electrons. The monoisotopic (exact) mass is 892 g/mol. The van der Waals surface area contributed by atoms with Crippen molar-refractivity contribution in [2.75, 3.05) is 105 Å². The van der Waals surface area contributed by atoms with Gasteiger partial charge in [-0.15, -0.1) is 0 Å². The van der Waals surface area contributed by atoms with Gasteiger partial charge in [0.15, 0.2) is 23.0 Å². The van der Waals surface area contributed by atoms with Crippen LogP contribution in [-0.4, -0.2) is 189 Å². The van der Waals surface area contributed by atoms with Crippen molar-refractivity contribution in [2.45, 2.75) is 22.0 Å². The molecule has 0 saturated carbocycles. The topological polar surface area (TPSA) is 273 Å². The van der Waals surface area contributed by atoms with Gasteiger partial charge in [-0.2, -0.15) is 8.61 Å². The predicted octanol–water partition coefficient (Wildman–Crippen LogP) is -8.16. The third-order valence-corrected chi connectivity index (χ3v) is 13.8. The molecular formula is C30H46N4Na2O16S4. The second-order valence-corrected chi connectivity index (χ2v) is 19.0. The quantitative estimate of drug-likeness (QED) is 0.117. The van der Waals surface area contributed by atoms with Crippen molar-refractivity contribution in [1.82, 2.24) is 18.4 Å². The van der Waals surface area contributed by atoms with Crippen molar-refractivity contribution in [3.63, 3.8) is 0 Å². The third-order valence-electron chi connectivity index (χ3n) is 8.38. The van der Waals surface area contributed by atoms with Crippen LogP contribution in [0.1, 0.15) is 0 Å². The maximum absolute atomic E-state index is 12.8. The van der Waals surface area contributed by atoms with Gasteiger partial charge >= 0.3 is 59.1 Å². The molecule has 0 spiro atoms. The first-order valence-electron chi connectivity index (χ1n) is 16.3. The maximum atomic E-state index is 12.8. The number of methoxy groups -OCH3 is 4. The Morgan fingerprint density at radius 1 is 0.536 bits per heavy atom. The summed E-state index contributed by atoms with van der Waals surface area (Å²) in [5.74, 6) is -0.278. The summed E-state index contributed by atoms with van der Waals surface area (Å²) < 4.78 is 138. The fraction of sp³-hybridized carbons (Fsp3) is 0.600. The van der Waals surface area contributed by atoms with Crippen molar-refractivity contribution in [3.05, 3.63) is 36.4 Å². The second-order valence-electron chi connectivity index (χ2n) is 12.2. The van der Waals surface area contributed by atoms with E-state index in [1.54, 1.807) is 9.80 Å². The third kappa shape index (κ3) is 15.9. The average molecular weight is 893 g/mol. The Kier molecular flexibility index (Phi) is 22.0. The van der Waals surface area contributed by atoms with Gasteiger partial charge in [-0.3, -0.25) is 9.80 Å². The number of nitrogens with zero attached hydrogens (tertiary/aromatic N) is 4. The zero-order chi connectivity index (χ0) is 40.5. The largest absolute Gasteiger partial charge is 1.00 e. The van der Waals surface area contributed by atoms with E-state index < -0.39 is 64.0 Å². The van der Waals surface area contributed by atoms with Gasteiger partial charge in [-0.25, -0.2) is 33.7 Å². The fourth-order valence-corrected chi connectivity index (χ4v) is 9.76. The standard InChI is InChI=1S/2C15H24N2O8S2.2Na/c2*1-24-14-4-3-13(9-15(14)25-2)27(22,23)17-7-5-16(6-8-17)10-12(18)11-26(19,20)21;;/h2*3-4,9,12,18H,5-8,10-11H2,1-2H3,(H,19,20,21);;/q;;2*+1/p-2. The molecule has 20 nitrogen and oxygen atoms in total. The summed E-state index contributed by atoms with van der Waals surface area (Å²) in [6.45, 7) is 1.91. The first kappa shape index (κ1) is 53.1. The van der Waals surface area contributed by atoms with Crippen LogP contribution in [0.25, 0.3) is 0 Å². The molecule has 0 aliphatic carbocycles. The van der Waals surface area contributed by atoms with E-state index >= 15 is 0 Å². The van der Waals surface area contributed by atoms with E-state index in [1.807, 2.05) is 0 Å². The van der Waals surface area contributed by atoms with Crippen LogP contribution < -0.4 is 78.1 Å². The molecule has 0 radical (unpaired) electrons. The van der Waals surface area contributed by atoms with Crippen molar-refractivity contribution in [1.29, 1.82) is 0 Å². The number of sulfonamides is 2. The van der Waals surface area contributed by atoms with Crippen LogP contribution in [-0.2, 0) is 40.3 Å². The minimum atomic E-state index is -4.51. The number of rotatable bonds is 16. The molecule has 56 heavy (non-hydrogen) atoms. The number of β-amino-alcohol motifs (C(OH)–C–C–N with tert-alkyl or cyclic N) is 2. The van der Waals surface area contributed by atoms with E-state index in [9.17, 15) is 53.0 Å². The van der Waals surface area contributed by atoms with Crippen molar-refractivity contribution >= 4 is 40.3 Å². The van der Waals surface area contributed by atoms with Crippen LogP contribution in [0, 0.1) is 0 Å². The Bertz CT molecular complexity index is 1850. The number of piperazine rings is 2. The zero-order valence-corrected chi connectivity index (χ0v) is 39.4. The Labute approximate surface area is 373 Å². The van der Waals surface area contributed by atoms with E-state index in [2.05, 4.69) is 0 Å². The summed E-state index contributed by atoms with van der Waals surface area (Å²) in [5.41, 5.74) is 0. The molecule has 2 fully saturated rings. The molecule has 2 aliphatic heterocycles. The fourth-order valence-electron chi connectivity index (χ4n) is 5.73. The number of hydrogen-bond donors (Lipinski definition) is 2. The molecule has 0 bridgehead atoms. The SMILES string of the molecule is COc1ccc(S(=O)(=O)N2CCN(CC(O)CS(=O)(=O)[O-])CC2)cc1OC.COc1ccc(S(=O)(=O)N2CCN(CC(O)CS(=O)(=O)[O-])CC2)cc1OC.[Na+].[Na+]. The van der Waals surface area contributed by atoms with Gasteiger partial charge in [0, 0.05) is 77.6 Å². The number of ether oxygens (including phenoxy) is 4. The van der Waals surface area contributed by atoms with Gasteiger partial charge in [-0.05, 0) is 24.3 Å². The van der Waals surface area contributed by atoms with Gasteiger partial charge < -0.3 is 38.3 Å². The van der Waals surface area contributed by atoms with E-state index in [4.69, 9.17) is 18.9 Å². The molecular weight excluding hydrogens is 847 g/mol. The minimum absolute atomic E-state index is 0.